The van der Waals surface area contributed by atoms with Crippen molar-refractivity contribution in [1.29, 1.82) is 0 Å². The normalized spacial score (nSPS) is 12.9. The van der Waals surface area contributed by atoms with Gasteiger partial charge in [-0.25, -0.2) is 14.4 Å². The molecule has 0 aliphatic heterocycles. The second-order valence-electron chi connectivity index (χ2n) is 9.85. The van der Waals surface area contributed by atoms with Gasteiger partial charge in [-0.1, -0.05) is 32.0 Å². The van der Waals surface area contributed by atoms with Crippen molar-refractivity contribution in [3.8, 4) is 11.4 Å². The first-order chi connectivity index (χ1) is 17.4. The van der Waals surface area contributed by atoms with Crippen LogP contribution >= 0.6 is 0 Å². The van der Waals surface area contributed by atoms with Gasteiger partial charge in [0.25, 0.3) is 5.56 Å². The number of pyridine rings is 1. The molecule has 196 valence electrons. The molecule has 2 heterocycles. The van der Waals surface area contributed by atoms with E-state index < -0.39 is 36.2 Å². The van der Waals surface area contributed by atoms with Gasteiger partial charge in [0.2, 0.25) is 5.91 Å². The largest absolute Gasteiger partial charge is 0.481 e. The highest BCUT2D eigenvalue weighted by Gasteiger charge is 2.30. The molecule has 0 fully saturated rings. The number of benzene rings is 1. The van der Waals surface area contributed by atoms with Gasteiger partial charge in [0, 0.05) is 17.8 Å². The van der Waals surface area contributed by atoms with E-state index in [9.17, 15) is 19.5 Å². The van der Waals surface area contributed by atoms with E-state index >= 15 is 4.39 Å². The minimum absolute atomic E-state index is 0.0424. The van der Waals surface area contributed by atoms with Crippen LogP contribution in [0.2, 0.25) is 0 Å². The van der Waals surface area contributed by atoms with Gasteiger partial charge >= 0.3 is 5.97 Å². The molecular weight excluding hydrogens is 475 g/mol. The maximum absolute atomic E-state index is 15.4. The van der Waals surface area contributed by atoms with Gasteiger partial charge in [-0.05, 0) is 62.8 Å². The highest BCUT2D eigenvalue weighted by molar-refractivity contribution is 5.81. The molecular formula is C28H33FN4O4. The number of carbonyl (C=O) groups excluding carboxylic acids is 1. The summed E-state index contributed by atoms with van der Waals surface area (Å²) in [4.78, 5) is 46.7. The van der Waals surface area contributed by atoms with Crippen LogP contribution in [0.5, 0.6) is 0 Å². The van der Waals surface area contributed by atoms with E-state index in [1.54, 1.807) is 19.2 Å². The van der Waals surface area contributed by atoms with Crippen molar-refractivity contribution in [3.63, 3.8) is 0 Å². The fourth-order valence-electron chi connectivity index (χ4n) is 4.39. The average molecular weight is 509 g/mol. The van der Waals surface area contributed by atoms with Crippen LogP contribution in [0.15, 0.2) is 41.3 Å². The Balaban J connectivity index is 2.09. The van der Waals surface area contributed by atoms with Crippen LogP contribution in [0.3, 0.4) is 0 Å². The molecule has 0 spiro atoms. The lowest BCUT2D eigenvalue weighted by Gasteiger charge is -2.25. The number of halogens is 1. The van der Waals surface area contributed by atoms with Gasteiger partial charge in [-0.3, -0.25) is 14.4 Å². The van der Waals surface area contributed by atoms with E-state index in [2.05, 4.69) is 15.3 Å². The summed E-state index contributed by atoms with van der Waals surface area (Å²) < 4.78 is 16.7. The Morgan fingerprint density at radius 2 is 1.73 bits per heavy atom. The Morgan fingerprint density at radius 1 is 1.08 bits per heavy atom. The minimum Gasteiger partial charge on any atom is -0.481 e. The molecule has 8 nitrogen and oxygen atoms in total. The summed E-state index contributed by atoms with van der Waals surface area (Å²) in [6.07, 6.45) is 1.28. The molecule has 0 unspecified atom stereocenters. The molecule has 0 aliphatic rings. The van der Waals surface area contributed by atoms with Crippen LogP contribution in [0, 0.1) is 39.4 Å². The summed E-state index contributed by atoms with van der Waals surface area (Å²) in [5.41, 5.74) is 2.72. The summed E-state index contributed by atoms with van der Waals surface area (Å²) in [5.74, 6) is -2.30. The molecule has 0 saturated heterocycles. The number of hydrogen-bond donors (Lipinski definition) is 2. The first-order valence-corrected chi connectivity index (χ1v) is 12.2. The number of hydrogen-bond acceptors (Lipinski definition) is 5. The number of nitrogens with one attached hydrogen (secondary N) is 1. The molecule has 3 rings (SSSR count). The standard InChI is InChI=1S/C28H33FN4O4/c1-15(2)12-21(33-11-10-16(3)13-22(33)34)28(37)31-20(14-23(35)36)26-25(29)19(6)30-27(32-26)24-17(4)8-7-9-18(24)5/h7-11,13,15,20-21H,12,14H2,1-6H3,(H,31,37)(H,35,36)/t20-,21+/m0/s1. The summed E-state index contributed by atoms with van der Waals surface area (Å²) in [6.45, 7) is 10.9. The smallest absolute Gasteiger partial charge is 0.305 e. The average Bonchev–Trinajstić information content (AvgIpc) is 2.79. The van der Waals surface area contributed by atoms with Gasteiger partial charge in [0.05, 0.1) is 18.2 Å². The van der Waals surface area contributed by atoms with Crippen LogP contribution in [0.1, 0.15) is 66.9 Å². The zero-order chi connectivity index (χ0) is 27.4. The number of carboxylic acid groups (broad SMARTS) is 1. The van der Waals surface area contributed by atoms with Crippen LogP contribution in [0.25, 0.3) is 11.4 Å². The Hall–Kier alpha value is -3.88. The fraction of sp³-hybridized carbons (Fsp3) is 0.393. The Kier molecular flexibility index (Phi) is 8.57. The van der Waals surface area contributed by atoms with E-state index in [1.165, 1.54) is 17.6 Å². The Labute approximate surface area is 215 Å². The topological polar surface area (TPSA) is 114 Å². The number of carbonyl (C=O) groups is 2. The maximum atomic E-state index is 15.4. The number of rotatable bonds is 9. The molecule has 1 aromatic carbocycles. The lowest BCUT2D eigenvalue weighted by Crippen LogP contribution is -2.40. The molecule has 2 atom stereocenters. The van der Waals surface area contributed by atoms with Crippen molar-refractivity contribution in [2.24, 2.45) is 5.92 Å². The Bertz CT molecular complexity index is 1360. The minimum atomic E-state index is -1.27. The Morgan fingerprint density at radius 3 is 2.30 bits per heavy atom. The van der Waals surface area contributed by atoms with Gasteiger partial charge in [0.15, 0.2) is 11.6 Å². The molecule has 3 aromatic rings. The molecule has 0 bridgehead atoms. The second kappa shape index (κ2) is 11.5. The predicted octanol–water partition coefficient (Wildman–Crippen LogP) is 4.60. The van der Waals surface area contributed by atoms with E-state index in [1.807, 2.05) is 45.9 Å². The number of aliphatic carboxylic acids is 1. The van der Waals surface area contributed by atoms with Crippen molar-refractivity contribution in [2.45, 2.75) is 66.5 Å². The monoisotopic (exact) mass is 508 g/mol. The quantitative estimate of drug-likeness (QED) is 0.437. The highest BCUT2D eigenvalue weighted by Crippen LogP contribution is 2.29. The van der Waals surface area contributed by atoms with E-state index in [-0.39, 0.29) is 28.7 Å². The second-order valence-corrected chi connectivity index (χ2v) is 9.85. The van der Waals surface area contributed by atoms with Crippen LogP contribution in [0.4, 0.5) is 4.39 Å². The van der Waals surface area contributed by atoms with Crippen LogP contribution in [-0.2, 0) is 9.59 Å². The number of amides is 1. The van der Waals surface area contributed by atoms with Crippen molar-refractivity contribution in [3.05, 3.63) is 80.8 Å². The highest BCUT2D eigenvalue weighted by atomic mass is 19.1. The molecule has 2 N–H and O–H groups in total. The molecule has 37 heavy (non-hydrogen) atoms. The van der Waals surface area contributed by atoms with Gasteiger partial charge in [-0.15, -0.1) is 0 Å². The SMILES string of the molecule is Cc1ccn([C@H](CC(C)C)C(=O)N[C@@H](CC(=O)O)c2nc(-c3c(C)cccc3C)nc(C)c2F)c(=O)c1. The van der Waals surface area contributed by atoms with E-state index in [0.29, 0.717) is 6.42 Å². The third-order valence-corrected chi connectivity index (χ3v) is 6.21. The zero-order valence-corrected chi connectivity index (χ0v) is 22.0. The van der Waals surface area contributed by atoms with Crippen molar-refractivity contribution < 1.29 is 19.1 Å². The number of aryl methyl sites for hydroxylation is 4. The predicted molar refractivity (Wildman–Crippen MR) is 139 cm³/mol. The zero-order valence-electron chi connectivity index (χ0n) is 22.0. The molecule has 9 heteroatoms. The molecule has 0 saturated carbocycles. The fourth-order valence-corrected chi connectivity index (χ4v) is 4.39. The van der Waals surface area contributed by atoms with E-state index in [0.717, 1.165) is 22.3 Å². The van der Waals surface area contributed by atoms with Gasteiger partial charge in [0.1, 0.15) is 11.7 Å². The number of nitrogens with zero attached hydrogens (tertiary/aromatic N) is 3. The lowest BCUT2D eigenvalue weighted by molar-refractivity contribution is -0.138. The van der Waals surface area contributed by atoms with Crippen LogP contribution in [-0.4, -0.2) is 31.5 Å². The molecule has 2 aromatic heterocycles. The van der Waals surface area contributed by atoms with Crippen molar-refractivity contribution in [2.75, 3.05) is 0 Å². The summed E-state index contributed by atoms with van der Waals surface area (Å²) >= 11 is 0. The van der Waals surface area contributed by atoms with Crippen molar-refractivity contribution >= 4 is 11.9 Å². The van der Waals surface area contributed by atoms with Gasteiger partial charge in [-0.2, -0.15) is 0 Å². The third-order valence-electron chi connectivity index (χ3n) is 6.21. The van der Waals surface area contributed by atoms with E-state index in [4.69, 9.17) is 0 Å². The molecule has 1 amide bonds. The first kappa shape index (κ1) is 27.7. The first-order valence-electron chi connectivity index (χ1n) is 12.2. The number of carboxylic acids is 1. The van der Waals surface area contributed by atoms with Gasteiger partial charge < -0.3 is 15.0 Å². The van der Waals surface area contributed by atoms with Crippen molar-refractivity contribution in [1.82, 2.24) is 19.9 Å². The summed E-state index contributed by atoms with van der Waals surface area (Å²) in [5, 5.41) is 12.3. The van der Waals surface area contributed by atoms with Crippen LogP contribution < -0.4 is 10.9 Å². The summed E-state index contributed by atoms with van der Waals surface area (Å²) in [7, 11) is 0. The molecule has 0 aliphatic carbocycles. The molecule has 0 radical (unpaired) electrons. The lowest BCUT2D eigenvalue weighted by atomic mass is 10.00. The number of aromatic nitrogens is 3. The summed E-state index contributed by atoms with van der Waals surface area (Å²) in [6, 6.07) is 6.63. The third kappa shape index (κ3) is 6.47. The maximum Gasteiger partial charge on any atom is 0.305 e.